The molecule has 0 spiro atoms. The molecular formula is C25H29N3O7. The SMILES string of the molecule is CCOC(=O)C1=C(COC(=O)CNC(=O)c2ccc(C(C)(C)C)cc2)NC(=O)NC1c1ccco1. The van der Waals surface area contributed by atoms with E-state index < -0.39 is 43.1 Å². The molecule has 10 heteroatoms. The second-order valence-electron chi connectivity index (χ2n) is 8.83. The molecule has 35 heavy (non-hydrogen) atoms. The van der Waals surface area contributed by atoms with E-state index in [0.717, 1.165) is 5.56 Å². The van der Waals surface area contributed by atoms with Gasteiger partial charge < -0.3 is 29.8 Å². The molecule has 0 saturated heterocycles. The highest BCUT2D eigenvalue weighted by atomic mass is 16.5. The molecule has 1 aromatic heterocycles. The van der Waals surface area contributed by atoms with E-state index in [2.05, 4.69) is 36.7 Å². The van der Waals surface area contributed by atoms with E-state index in [1.54, 1.807) is 31.2 Å². The van der Waals surface area contributed by atoms with Crippen molar-refractivity contribution >= 4 is 23.9 Å². The van der Waals surface area contributed by atoms with Gasteiger partial charge in [-0.25, -0.2) is 9.59 Å². The molecule has 1 unspecified atom stereocenters. The predicted octanol–water partition coefficient (Wildman–Crippen LogP) is 2.72. The fraction of sp³-hybridized carbons (Fsp3) is 0.360. The number of urea groups is 1. The van der Waals surface area contributed by atoms with Crippen LogP contribution in [-0.4, -0.2) is 43.6 Å². The zero-order chi connectivity index (χ0) is 25.6. The Balaban J connectivity index is 1.65. The van der Waals surface area contributed by atoms with E-state index in [-0.39, 0.29) is 23.3 Å². The van der Waals surface area contributed by atoms with Crippen LogP contribution in [0.15, 0.2) is 58.3 Å². The minimum atomic E-state index is -0.915. The van der Waals surface area contributed by atoms with Crippen LogP contribution in [0.3, 0.4) is 0 Å². The minimum absolute atomic E-state index is 0.0457. The van der Waals surface area contributed by atoms with Crippen LogP contribution in [0.4, 0.5) is 4.79 Å². The van der Waals surface area contributed by atoms with Gasteiger partial charge in [0.15, 0.2) is 0 Å². The third-order valence-corrected chi connectivity index (χ3v) is 5.26. The first-order valence-electron chi connectivity index (χ1n) is 11.2. The Bertz CT molecular complexity index is 1110. The largest absolute Gasteiger partial charge is 0.467 e. The number of nitrogens with one attached hydrogen (secondary N) is 3. The van der Waals surface area contributed by atoms with Crippen molar-refractivity contribution in [1.82, 2.24) is 16.0 Å². The lowest BCUT2D eigenvalue weighted by Gasteiger charge is -2.27. The lowest BCUT2D eigenvalue weighted by Crippen LogP contribution is -2.47. The number of furan rings is 1. The van der Waals surface area contributed by atoms with E-state index in [9.17, 15) is 19.2 Å². The number of hydrogen-bond donors (Lipinski definition) is 3. The number of benzene rings is 1. The average molecular weight is 484 g/mol. The number of rotatable bonds is 8. The maximum atomic E-state index is 12.6. The minimum Gasteiger partial charge on any atom is -0.467 e. The number of esters is 2. The number of carbonyl (C=O) groups is 4. The van der Waals surface area contributed by atoms with E-state index in [0.29, 0.717) is 11.3 Å². The molecule has 2 heterocycles. The van der Waals surface area contributed by atoms with Gasteiger partial charge in [0, 0.05) is 5.56 Å². The van der Waals surface area contributed by atoms with Gasteiger partial charge in [-0.05, 0) is 42.2 Å². The highest BCUT2D eigenvalue weighted by Crippen LogP contribution is 2.28. The third-order valence-electron chi connectivity index (χ3n) is 5.26. The molecule has 0 radical (unpaired) electrons. The zero-order valence-electron chi connectivity index (χ0n) is 20.1. The fourth-order valence-corrected chi connectivity index (χ4v) is 3.43. The van der Waals surface area contributed by atoms with Crippen LogP contribution in [0.2, 0.25) is 0 Å². The molecular weight excluding hydrogens is 454 g/mol. The zero-order valence-corrected chi connectivity index (χ0v) is 20.1. The van der Waals surface area contributed by atoms with Gasteiger partial charge in [-0.2, -0.15) is 0 Å². The maximum Gasteiger partial charge on any atom is 0.338 e. The van der Waals surface area contributed by atoms with Gasteiger partial charge in [0.1, 0.15) is 25.0 Å². The van der Waals surface area contributed by atoms with Crippen LogP contribution in [0.1, 0.15) is 55.4 Å². The maximum absolute atomic E-state index is 12.6. The van der Waals surface area contributed by atoms with E-state index in [1.807, 2.05) is 12.1 Å². The second-order valence-corrected chi connectivity index (χ2v) is 8.83. The Morgan fingerprint density at radius 2 is 1.80 bits per heavy atom. The van der Waals surface area contributed by atoms with Gasteiger partial charge in [0.2, 0.25) is 0 Å². The Morgan fingerprint density at radius 1 is 1.09 bits per heavy atom. The molecule has 0 saturated carbocycles. The monoisotopic (exact) mass is 483 g/mol. The summed E-state index contributed by atoms with van der Waals surface area (Å²) in [4.78, 5) is 49.4. The van der Waals surface area contributed by atoms with Crippen LogP contribution in [0.5, 0.6) is 0 Å². The Labute approximate surface area is 203 Å². The summed E-state index contributed by atoms with van der Waals surface area (Å²) in [7, 11) is 0. The molecule has 1 atom stereocenters. The molecule has 10 nitrogen and oxygen atoms in total. The summed E-state index contributed by atoms with van der Waals surface area (Å²) in [6.07, 6.45) is 1.41. The van der Waals surface area contributed by atoms with Crippen molar-refractivity contribution in [3.8, 4) is 0 Å². The Morgan fingerprint density at radius 3 is 2.40 bits per heavy atom. The first-order valence-corrected chi connectivity index (χ1v) is 11.2. The van der Waals surface area contributed by atoms with Crippen LogP contribution in [0, 0.1) is 0 Å². The molecule has 3 amide bonds. The molecule has 0 fully saturated rings. The standard InChI is InChI=1S/C25H29N3O7/c1-5-33-23(31)20-17(27-24(32)28-21(20)18-7-6-12-34-18)14-35-19(29)13-26-22(30)15-8-10-16(11-9-15)25(2,3)4/h6-12,21H,5,13-14H2,1-4H3,(H,26,30)(H2,27,28,32). The van der Waals surface area contributed by atoms with Gasteiger partial charge in [0.25, 0.3) is 5.91 Å². The van der Waals surface area contributed by atoms with E-state index in [4.69, 9.17) is 13.9 Å². The molecule has 2 aromatic rings. The lowest BCUT2D eigenvalue weighted by molar-refractivity contribution is -0.142. The second kappa shape index (κ2) is 10.9. The summed E-state index contributed by atoms with van der Waals surface area (Å²) in [6.45, 7) is 7.17. The van der Waals surface area contributed by atoms with Gasteiger partial charge in [-0.3, -0.25) is 9.59 Å². The van der Waals surface area contributed by atoms with Gasteiger partial charge in [0.05, 0.1) is 24.1 Å². The molecule has 1 aliphatic heterocycles. The van der Waals surface area contributed by atoms with Crippen molar-refractivity contribution in [2.24, 2.45) is 0 Å². The van der Waals surface area contributed by atoms with Gasteiger partial charge >= 0.3 is 18.0 Å². The van der Waals surface area contributed by atoms with Crippen molar-refractivity contribution in [2.75, 3.05) is 19.8 Å². The first kappa shape index (κ1) is 25.5. The van der Waals surface area contributed by atoms with E-state index >= 15 is 0 Å². The van der Waals surface area contributed by atoms with Crippen molar-refractivity contribution in [3.05, 3.63) is 70.8 Å². The molecule has 0 bridgehead atoms. The summed E-state index contributed by atoms with van der Waals surface area (Å²) in [6, 6.07) is 8.82. The summed E-state index contributed by atoms with van der Waals surface area (Å²) >= 11 is 0. The Hall–Kier alpha value is -4.08. The van der Waals surface area contributed by atoms with Gasteiger partial charge in [-0.15, -0.1) is 0 Å². The Kier molecular flexibility index (Phi) is 7.95. The molecule has 3 N–H and O–H groups in total. The molecule has 0 aliphatic carbocycles. The summed E-state index contributed by atoms with van der Waals surface area (Å²) in [5.41, 5.74) is 1.56. The average Bonchev–Trinajstić information content (AvgIpc) is 3.35. The molecule has 1 aliphatic rings. The molecule has 186 valence electrons. The highest BCUT2D eigenvalue weighted by Gasteiger charge is 2.35. The number of hydrogen-bond acceptors (Lipinski definition) is 7. The summed E-state index contributed by atoms with van der Waals surface area (Å²) in [5.74, 6) is -1.56. The smallest absolute Gasteiger partial charge is 0.338 e. The normalized spacial score (nSPS) is 15.7. The quantitative estimate of drug-likeness (QED) is 0.491. The van der Waals surface area contributed by atoms with Gasteiger partial charge in [-0.1, -0.05) is 32.9 Å². The summed E-state index contributed by atoms with van der Waals surface area (Å²) in [5, 5.41) is 7.58. The molecule has 1 aromatic carbocycles. The fourth-order valence-electron chi connectivity index (χ4n) is 3.43. The van der Waals surface area contributed by atoms with Crippen molar-refractivity contribution in [1.29, 1.82) is 0 Å². The first-order chi connectivity index (χ1) is 16.6. The van der Waals surface area contributed by atoms with Crippen molar-refractivity contribution in [2.45, 2.75) is 39.2 Å². The number of ether oxygens (including phenoxy) is 2. The molecule has 3 rings (SSSR count). The predicted molar refractivity (Wildman–Crippen MR) is 125 cm³/mol. The third kappa shape index (κ3) is 6.50. The van der Waals surface area contributed by atoms with Crippen molar-refractivity contribution < 1.29 is 33.1 Å². The van der Waals surface area contributed by atoms with Crippen LogP contribution in [-0.2, 0) is 24.5 Å². The van der Waals surface area contributed by atoms with E-state index in [1.165, 1.54) is 6.26 Å². The number of carbonyl (C=O) groups excluding carboxylic acids is 4. The number of amides is 3. The van der Waals surface area contributed by atoms with Crippen LogP contribution >= 0.6 is 0 Å². The lowest BCUT2D eigenvalue weighted by atomic mass is 9.87. The van der Waals surface area contributed by atoms with Crippen LogP contribution < -0.4 is 16.0 Å². The van der Waals surface area contributed by atoms with Crippen molar-refractivity contribution in [3.63, 3.8) is 0 Å². The van der Waals surface area contributed by atoms with Crippen LogP contribution in [0.25, 0.3) is 0 Å². The topological polar surface area (TPSA) is 136 Å². The summed E-state index contributed by atoms with van der Waals surface area (Å²) < 4.78 is 15.7. The highest BCUT2D eigenvalue weighted by molar-refractivity contribution is 5.96.